The molecule has 184 valence electrons. The maximum absolute atomic E-state index is 13.6. The number of carbonyl (C=O) groups is 1. The minimum atomic E-state index is -3.76. The highest BCUT2D eigenvalue weighted by Crippen LogP contribution is 2.31. The molecule has 1 aromatic heterocycles. The molecule has 7 nitrogen and oxygen atoms in total. The second kappa shape index (κ2) is 10.5. The zero-order valence-electron chi connectivity index (χ0n) is 19.3. The summed E-state index contributed by atoms with van der Waals surface area (Å²) in [5, 5.41) is 0.581. The van der Waals surface area contributed by atoms with Crippen molar-refractivity contribution in [1.29, 1.82) is 0 Å². The first-order valence-electron chi connectivity index (χ1n) is 11.1. The maximum Gasteiger partial charge on any atom is 0.261 e. The molecule has 0 unspecified atom stereocenters. The zero-order valence-corrected chi connectivity index (χ0v) is 21.6. The number of halogens is 2. The number of sulfonamides is 1. The van der Waals surface area contributed by atoms with E-state index in [1.807, 2.05) is 19.1 Å². The Balaban J connectivity index is 1.59. The number of aryl methyl sites for hydroxylation is 1. The van der Waals surface area contributed by atoms with Crippen molar-refractivity contribution in [3.05, 3.63) is 82.0 Å². The van der Waals surface area contributed by atoms with Crippen LogP contribution in [0.15, 0.2) is 65.6 Å². The van der Waals surface area contributed by atoms with Crippen LogP contribution in [-0.4, -0.2) is 49.9 Å². The standard InChI is InChI=1S/C25H25Cl2N3O4S/c1-17-6-5-9-24(28-17)30(25(31)20-7-3-4-8-21(20)26)18-12-14-29(15-13-18)35(32,33)19-10-11-23(34-2)22(27)16-19/h3-11,16,18H,12-15H2,1-2H3. The molecule has 4 rings (SSSR count). The summed E-state index contributed by atoms with van der Waals surface area (Å²) in [5.41, 5.74) is 1.15. The summed E-state index contributed by atoms with van der Waals surface area (Å²) in [6, 6.07) is 16.5. The summed E-state index contributed by atoms with van der Waals surface area (Å²) in [5.74, 6) is 0.652. The number of rotatable bonds is 6. The van der Waals surface area contributed by atoms with E-state index in [-0.39, 0.29) is 35.0 Å². The van der Waals surface area contributed by atoms with E-state index in [0.717, 1.165) is 5.69 Å². The summed E-state index contributed by atoms with van der Waals surface area (Å²) >= 11 is 12.5. The molecule has 0 radical (unpaired) electrons. The highest BCUT2D eigenvalue weighted by atomic mass is 35.5. The third-order valence-electron chi connectivity index (χ3n) is 5.99. The molecule has 1 fully saturated rings. The number of pyridine rings is 1. The number of aromatic nitrogens is 1. The Morgan fingerprint density at radius 2 is 1.74 bits per heavy atom. The van der Waals surface area contributed by atoms with Gasteiger partial charge in [-0.25, -0.2) is 13.4 Å². The van der Waals surface area contributed by atoms with E-state index in [1.54, 1.807) is 35.2 Å². The van der Waals surface area contributed by atoms with Crippen molar-refractivity contribution in [1.82, 2.24) is 9.29 Å². The largest absolute Gasteiger partial charge is 0.495 e. The number of benzene rings is 2. The monoisotopic (exact) mass is 533 g/mol. The number of nitrogens with zero attached hydrogens (tertiary/aromatic N) is 3. The topological polar surface area (TPSA) is 79.8 Å². The molecule has 0 N–H and O–H groups in total. The van der Waals surface area contributed by atoms with Crippen molar-refractivity contribution in [3.8, 4) is 5.75 Å². The predicted molar refractivity (Wildman–Crippen MR) is 137 cm³/mol. The molecule has 1 aliphatic rings. The molecular weight excluding hydrogens is 509 g/mol. The van der Waals surface area contributed by atoms with Gasteiger partial charge in [-0.15, -0.1) is 0 Å². The Hall–Kier alpha value is -2.65. The quantitative estimate of drug-likeness (QED) is 0.434. The number of hydrogen-bond donors (Lipinski definition) is 0. The highest BCUT2D eigenvalue weighted by Gasteiger charge is 2.35. The second-order valence-electron chi connectivity index (χ2n) is 8.22. The lowest BCUT2D eigenvalue weighted by Gasteiger charge is -2.37. The first-order chi connectivity index (χ1) is 16.7. The first-order valence-corrected chi connectivity index (χ1v) is 13.3. The number of piperidine rings is 1. The van der Waals surface area contributed by atoms with E-state index in [9.17, 15) is 13.2 Å². The molecular formula is C25H25Cl2N3O4S. The molecule has 0 bridgehead atoms. The van der Waals surface area contributed by atoms with Gasteiger partial charge in [-0.05, 0) is 62.2 Å². The van der Waals surface area contributed by atoms with E-state index in [1.165, 1.54) is 29.6 Å². The van der Waals surface area contributed by atoms with Crippen molar-refractivity contribution >= 4 is 45.0 Å². The smallest absolute Gasteiger partial charge is 0.261 e. The molecule has 0 atom stereocenters. The number of carbonyl (C=O) groups excluding carboxylic acids is 1. The van der Waals surface area contributed by atoms with Crippen molar-refractivity contribution in [2.24, 2.45) is 0 Å². The summed E-state index contributed by atoms with van der Waals surface area (Å²) < 4.78 is 33.0. The van der Waals surface area contributed by atoms with Crippen molar-refractivity contribution < 1.29 is 17.9 Å². The Morgan fingerprint density at radius 3 is 2.37 bits per heavy atom. The Labute approximate surface area is 215 Å². The van der Waals surface area contributed by atoms with E-state index < -0.39 is 10.0 Å². The van der Waals surface area contributed by atoms with Crippen molar-refractivity contribution in [3.63, 3.8) is 0 Å². The van der Waals surface area contributed by atoms with Gasteiger partial charge < -0.3 is 4.74 Å². The van der Waals surface area contributed by atoms with Crippen LogP contribution in [0.3, 0.4) is 0 Å². The van der Waals surface area contributed by atoms with Crippen LogP contribution in [0.5, 0.6) is 5.75 Å². The summed E-state index contributed by atoms with van der Waals surface area (Å²) in [6.07, 6.45) is 0.879. The fourth-order valence-electron chi connectivity index (χ4n) is 4.18. The van der Waals surface area contributed by atoms with Gasteiger partial charge in [0.15, 0.2) is 0 Å². The Morgan fingerprint density at radius 1 is 1.03 bits per heavy atom. The van der Waals surface area contributed by atoms with Gasteiger partial charge in [0, 0.05) is 24.8 Å². The summed E-state index contributed by atoms with van der Waals surface area (Å²) in [6.45, 7) is 2.35. The zero-order chi connectivity index (χ0) is 25.2. The fraction of sp³-hybridized carbons (Fsp3) is 0.280. The molecule has 0 aliphatic carbocycles. The number of amides is 1. The molecule has 2 aromatic carbocycles. The van der Waals surface area contributed by atoms with Gasteiger partial charge in [0.25, 0.3) is 5.91 Å². The lowest BCUT2D eigenvalue weighted by atomic mass is 10.0. The number of ether oxygens (including phenoxy) is 1. The number of hydrogen-bond acceptors (Lipinski definition) is 5. The average Bonchev–Trinajstić information content (AvgIpc) is 2.85. The molecule has 2 heterocycles. The second-order valence-corrected chi connectivity index (χ2v) is 11.0. The Bertz CT molecular complexity index is 1340. The van der Waals surface area contributed by atoms with E-state index >= 15 is 0 Å². The first kappa shape index (κ1) is 25.4. The Kier molecular flexibility index (Phi) is 7.66. The molecule has 1 saturated heterocycles. The summed E-state index contributed by atoms with van der Waals surface area (Å²) in [7, 11) is -2.28. The van der Waals surface area contributed by atoms with Gasteiger partial charge in [0.2, 0.25) is 10.0 Å². The van der Waals surface area contributed by atoms with Crippen LogP contribution in [0.4, 0.5) is 5.82 Å². The molecule has 1 aliphatic heterocycles. The van der Waals surface area contributed by atoms with Gasteiger partial charge in [0.1, 0.15) is 11.6 Å². The molecule has 0 spiro atoms. The van der Waals surface area contributed by atoms with Crippen LogP contribution in [0.2, 0.25) is 10.0 Å². The van der Waals surface area contributed by atoms with Crippen molar-refractivity contribution in [2.75, 3.05) is 25.1 Å². The molecule has 1 amide bonds. The lowest BCUT2D eigenvalue weighted by Crippen LogP contribution is -2.49. The van der Waals surface area contributed by atoms with Crippen LogP contribution >= 0.6 is 23.2 Å². The molecule has 35 heavy (non-hydrogen) atoms. The number of anilines is 1. The van der Waals surface area contributed by atoms with Crippen molar-refractivity contribution in [2.45, 2.75) is 30.7 Å². The van der Waals surface area contributed by atoms with E-state index in [4.69, 9.17) is 27.9 Å². The highest BCUT2D eigenvalue weighted by molar-refractivity contribution is 7.89. The third kappa shape index (κ3) is 5.30. The van der Waals surface area contributed by atoms with Crippen LogP contribution in [-0.2, 0) is 10.0 Å². The molecule has 0 saturated carbocycles. The van der Waals surface area contributed by atoms with Gasteiger partial charge in [-0.1, -0.05) is 41.4 Å². The van der Waals surface area contributed by atoms with E-state index in [0.29, 0.717) is 35.0 Å². The van der Waals surface area contributed by atoms with Crippen LogP contribution in [0, 0.1) is 6.92 Å². The fourth-order valence-corrected chi connectivity index (χ4v) is 6.22. The minimum absolute atomic E-state index is 0.103. The van der Waals surface area contributed by atoms with Gasteiger partial charge >= 0.3 is 0 Å². The average molecular weight is 534 g/mol. The van der Waals surface area contributed by atoms with Gasteiger partial charge in [-0.2, -0.15) is 4.31 Å². The van der Waals surface area contributed by atoms with E-state index in [2.05, 4.69) is 4.98 Å². The summed E-state index contributed by atoms with van der Waals surface area (Å²) in [4.78, 5) is 19.9. The molecule has 10 heteroatoms. The van der Waals surface area contributed by atoms with Gasteiger partial charge in [0.05, 0.1) is 27.6 Å². The van der Waals surface area contributed by atoms with Crippen LogP contribution in [0.1, 0.15) is 28.9 Å². The third-order valence-corrected chi connectivity index (χ3v) is 8.51. The van der Waals surface area contributed by atoms with Crippen LogP contribution < -0.4 is 9.64 Å². The predicted octanol–water partition coefficient (Wildman–Crippen LogP) is 5.21. The lowest BCUT2D eigenvalue weighted by molar-refractivity contribution is 0.0967. The van der Waals surface area contributed by atoms with Crippen LogP contribution in [0.25, 0.3) is 0 Å². The minimum Gasteiger partial charge on any atom is -0.495 e. The molecule has 3 aromatic rings. The number of methoxy groups -OCH3 is 1. The van der Waals surface area contributed by atoms with Gasteiger partial charge in [-0.3, -0.25) is 9.69 Å². The maximum atomic E-state index is 13.6. The SMILES string of the molecule is COc1ccc(S(=O)(=O)N2CCC(N(C(=O)c3ccccc3Cl)c3cccc(C)n3)CC2)cc1Cl. The normalized spacial score (nSPS) is 15.1.